The van der Waals surface area contributed by atoms with E-state index < -0.39 is 6.10 Å². The van der Waals surface area contributed by atoms with Gasteiger partial charge < -0.3 is 14.9 Å². The van der Waals surface area contributed by atoms with Crippen LogP contribution in [-0.2, 0) is 9.53 Å². The van der Waals surface area contributed by atoms with Gasteiger partial charge in [0.1, 0.15) is 0 Å². The van der Waals surface area contributed by atoms with Crippen molar-refractivity contribution in [3.05, 3.63) is 23.8 Å². The highest BCUT2D eigenvalue weighted by atomic mass is 16.5. The van der Waals surface area contributed by atoms with Crippen LogP contribution in [0.15, 0.2) is 23.8 Å². The van der Waals surface area contributed by atoms with Gasteiger partial charge in [0.05, 0.1) is 19.3 Å². The number of fused-ring (bicyclic) bond motifs is 1. The largest absolute Gasteiger partial charge is 0.469 e. The summed E-state index contributed by atoms with van der Waals surface area (Å²) in [5.41, 5.74) is 1.31. The zero-order valence-electron chi connectivity index (χ0n) is 15.0. The molecule has 2 rings (SSSR count). The van der Waals surface area contributed by atoms with Crippen LogP contribution in [0.3, 0.4) is 0 Å². The first kappa shape index (κ1) is 19.2. The van der Waals surface area contributed by atoms with Gasteiger partial charge in [-0.2, -0.15) is 0 Å². The van der Waals surface area contributed by atoms with E-state index in [4.69, 9.17) is 4.74 Å². The number of rotatable bonds is 9. The van der Waals surface area contributed by atoms with E-state index in [-0.39, 0.29) is 18.0 Å². The maximum Gasteiger partial charge on any atom is 0.305 e. The SMILES string of the molecule is CCCCC[C@H](O)/C=C/[C@@H]1[C@H]2CC(CCC(=O)OC)=C[C@H]2C[C@H]1O. The quantitative estimate of drug-likeness (QED) is 0.385. The Morgan fingerprint density at radius 2 is 2.25 bits per heavy atom. The molecule has 2 aliphatic rings. The van der Waals surface area contributed by atoms with Crippen molar-refractivity contribution in [3.8, 4) is 0 Å². The molecule has 0 aromatic carbocycles. The Morgan fingerprint density at radius 3 is 2.96 bits per heavy atom. The van der Waals surface area contributed by atoms with Crippen LogP contribution in [0, 0.1) is 17.8 Å². The fraction of sp³-hybridized carbons (Fsp3) is 0.750. The first-order chi connectivity index (χ1) is 11.5. The van der Waals surface area contributed by atoms with E-state index >= 15 is 0 Å². The highest BCUT2D eigenvalue weighted by Crippen LogP contribution is 2.48. The van der Waals surface area contributed by atoms with Gasteiger partial charge in [-0.15, -0.1) is 0 Å². The van der Waals surface area contributed by atoms with E-state index in [1.807, 2.05) is 12.2 Å². The molecule has 5 atom stereocenters. The summed E-state index contributed by atoms with van der Waals surface area (Å²) < 4.78 is 4.70. The first-order valence-electron chi connectivity index (χ1n) is 9.36. The Labute approximate surface area is 145 Å². The lowest BCUT2D eigenvalue weighted by molar-refractivity contribution is -0.140. The van der Waals surface area contributed by atoms with Gasteiger partial charge in [0.15, 0.2) is 0 Å². The van der Waals surface area contributed by atoms with Crippen molar-refractivity contribution in [1.82, 2.24) is 0 Å². The van der Waals surface area contributed by atoms with Gasteiger partial charge in [-0.25, -0.2) is 0 Å². The molecule has 1 fully saturated rings. The molecule has 2 aliphatic carbocycles. The van der Waals surface area contributed by atoms with E-state index in [0.717, 1.165) is 44.9 Å². The Balaban J connectivity index is 1.84. The number of esters is 1. The predicted molar refractivity (Wildman–Crippen MR) is 94.3 cm³/mol. The molecule has 0 bridgehead atoms. The summed E-state index contributed by atoms with van der Waals surface area (Å²) in [7, 11) is 1.42. The fourth-order valence-electron chi connectivity index (χ4n) is 4.11. The minimum Gasteiger partial charge on any atom is -0.469 e. The average Bonchev–Trinajstić information content (AvgIpc) is 3.07. The fourth-order valence-corrected chi connectivity index (χ4v) is 4.11. The summed E-state index contributed by atoms with van der Waals surface area (Å²) >= 11 is 0. The third-order valence-electron chi connectivity index (χ3n) is 5.49. The van der Waals surface area contributed by atoms with E-state index in [1.54, 1.807) is 0 Å². The Hall–Kier alpha value is -1.13. The summed E-state index contributed by atoms with van der Waals surface area (Å²) in [5.74, 6) is 0.758. The van der Waals surface area contributed by atoms with Gasteiger partial charge in [0, 0.05) is 12.3 Å². The van der Waals surface area contributed by atoms with Crippen molar-refractivity contribution in [2.24, 2.45) is 17.8 Å². The second kappa shape index (κ2) is 9.38. The molecule has 24 heavy (non-hydrogen) atoms. The number of hydrogen-bond acceptors (Lipinski definition) is 4. The van der Waals surface area contributed by atoms with Crippen LogP contribution in [0.2, 0.25) is 0 Å². The molecule has 0 amide bonds. The van der Waals surface area contributed by atoms with Gasteiger partial charge in [-0.3, -0.25) is 4.79 Å². The predicted octanol–water partition coefficient (Wildman–Crippen LogP) is 3.38. The molecule has 0 unspecified atom stereocenters. The van der Waals surface area contributed by atoms with Crippen LogP contribution in [0.1, 0.15) is 58.3 Å². The number of hydrogen-bond donors (Lipinski definition) is 2. The number of ether oxygens (including phenoxy) is 1. The lowest BCUT2D eigenvalue weighted by Crippen LogP contribution is -2.18. The molecule has 136 valence electrons. The molecular weight excluding hydrogens is 304 g/mol. The van der Waals surface area contributed by atoms with Crippen LogP contribution in [0.4, 0.5) is 0 Å². The Bertz CT molecular complexity index is 468. The lowest BCUT2D eigenvalue weighted by Gasteiger charge is -2.18. The molecule has 0 spiro atoms. The number of methoxy groups -OCH3 is 1. The third-order valence-corrected chi connectivity index (χ3v) is 5.49. The van der Waals surface area contributed by atoms with Gasteiger partial charge in [-0.1, -0.05) is 50.0 Å². The van der Waals surface area contributed by atoms with Crippen molar-refractivity contribution < 1.29 is 19.7 Å². The molecule has 0 heterocycles. The monoisotopic (exact) mass is 336 g/mol. The smallest absolute Gasteiger partial charge is 0.305 e. The molecule has 2 N–H and O–H groups in total. The number of allylic oxidation sites excluding steroid dienone is 2. The maximum atomic E-state index is 11.3. The molecule has 0 aliphatic heterocycles. The second-order valence-corrected chi connectivity index (χ2v) is 7.26. The lowest BCUT2D eigenvalue weighted by atomic mass is 9.88. The van der Waals surface area contributed by atoms with Crippen molar-refractivity contribution in [2.75, 3.05) is 7.11 Å². The van der Waals surface area contributed by atoms with Crippen LogP contribution < -0.4 is 0 Å². The van der Waals surface area contributed by atoms with Crippen LogP contribution in [-0.4, -0.2) is 35.5 Å². The molecule has 4 nitrogen and oxygen atoms in total. The highest BCUT2D eigenvalue weighted by molar-refractivity contribution is 5.69. The Morgan fingerprint density at radius 1 is 1.46 bits per heavy atom. The normalized spacial score (nSPS) is 30.4. The minimum atomic E-state index is -0.407. The van der Waals surface area contributed by atoms with Crippen molar-refractivity contribution in [3.63, 3.8) is 0 Å². The van der Waals surface area contributed by atoms with E-state index in [2.05, 4.69) is 13.0 Å². The molecule has 0 aromatic rings. The standard InChI is InChI=1S/C20H32O4/c1-3-4-5-6-16(21)8-9-17-18-12-14(7-10-20(23)24-2)11-15(18)13-19(17)22/h8-9,11,15-19,21-22H,3-7,10,12-13H2,1-2H3/b9-8+/t15-,16-,17+,18-,19+/m0/s1. The zero-order chi connectivity index (χ0) is 17.5. The number of carbonyl (C=O) groups is 1. The summed E-state index contributed by atoms with van der Waals surface area (Å²) in [6, 6.07) is 0. The number of aliphatic hydroxyl groups is 2. The Kier molecular flexibility index (Phi) is 7.50. The summed E-state index contributed by atoms with van der Waals surface area (Å²) in [6.45, 7) is 2.15. The van der Waals surface area contributed by atoms with Gasteiger partial charge in [0.2, 0.25) is 0 Å². The maximum absolute atomic E-state index is 11.3. The molecule has 1 saturated carbocycles. The van der Waals surface area contributed by atoms with E-state index in [0.29, 0.717) is 18.3 Å². The number of unbranched alkanes of at least 4 members (excludes halogenated alkanes) is 2. The number of aliphatic hydroxyl groups excluding tert-OH is 2. The van der Waals surface area contributed by atoms with Crippen molar-refractivity contribution in [2.45, 2.75) is 70.5 Å². The second-order valence-electron chi connectivity index (χ2n) is 7.26. The van der Waals surface area contributed by atoms with E-state index in [1.165, 1.54) is 12.7 Å². The summed E-state index contributed by atoms with van der Waals surface area (Å²) in [4.78, 5) is 11.3. The molecular formula is C20H32O4. The summed E-state index contributed by atoms with van der Waals surface area (Å²) in [6.07, 6.45) is 12.5. The molecule has 0 radical (unpaired) electrons. The summed E-state index contributed by atoms with van der Waals surface area (Å²) in [5, 5.41) is 20.4. The molecule has 4 heteroatoms. The third kappa shape index (κ3) is 5.18. The molecule has 0 aromatic heterocycles. The van der Waals surface area contributed by atoms with Crippen LogP contribution >= 0.6 is 0 Å². The van der Waals surface area contributed by atoms with Gasteiger partial charge in [0.25, 0.3) is 0 Å². The zero-order valence-corrected chi connectivity index (χ0v) is 15.0. The van der Waals surface area contributed by atoms with Crippen molar-refractivity contribution in [1.29, 1.82) is 0 Å². The van der Waals surface area contributed by atoms with E-state index in [9.17, 15) is 15.0 Å². The number of carbonyl (C=O) groups excluding carboxylic acids is 1. The highest BCUT2D eigenvalue weighted by Gasteiger charge is 2.43. The van der Waals surface area contributed by atoms with Gasteiger partial charge >= 0.3 is 5.97 Å². The van der Waals surface area contributed by atoms with Crippen LogP contribution in [0.25, 0.3) is 0 Å². The molecule has 0 saturated heterocycles. The van der Waals surface area contributed by atoms with Crippen LogP contribution in [0.5, 0.6) is 0 Å². The minimum absolute atomic E-state index is 0.114. The topological polar surface area (TPSA) is 66.8 Å². The van der Waals surface area contributed by atoms with Gasteiger partial charge in [-0.05, 0) is 37.5 Å². The van der Waals surface area contributed by atoms with Crippen molar-refractivity contribution >= 4 is 5.97 Å². The first-order valence-corrected chi connectivity index (χ1v) is 9.36. The average molecular weight is 336 g/mol.